The molecule has 110 valence electrons. The van der Waals surface area contributed by atoms with E-state index in [0.29, 0.717) is 6.54 Å². The lowest BCUT2D eigenvalue weighted by atomic mass is 10.0. The number of nitrogens with zero attached hydrogens (tertiary/aromatic N) is 1. The Hall–Kier alpha value is -0.640. The minimum Gasteiger partial charge on any atom is -0.329 e. The molecule has 4 heteroatoms. The van der Waals surface area contributed by atoms with E-state index < -0.39 is 0 Å². The van der Waals surface area contributed by atoms with E-state index in [1.54, 1.807) is 6.07 Å². The van der Waals surface area contributed by atoms with Crippen molar-refractivity contribution >= 4 is 11.6 Å². The zero-order valence-corrected chi connectivity index (χ0v) is 12.5. The predicted octanol–water partition coefficient (Wildman–Crippen LogP) is 3.60. The second-order valence-electron chi connectivity index (χ2n) is 6.27. The van der Waals surface area contributed by atoms with Gasteiger partial charge in [0.05, 0.1) is 5.02 Å². The molecule has 0 saturated heterocycles. The molecule has 2 nitrogen and oxygen atoms in total. The summed E-state index contributed by atoms with van der Waals surface area (Å²) < 4.78 is 13.3. The highest BCUT2D eigenvalue weighted by molar-refractivity contribution is 6.30. The van der Waals surface area contributed by atoms with Gasteiger partial charge in [0, 0.05) is 25.7 Å². The number of hydrogen-bond donors (Lipinski definition) is 1. The van der Waals surface area contributed by atoms with Gasteiger partial charge in [-0.3, -0.25) is 4.90 Å². The SMILES string of the molecule is NCC(c1ccc(F)c(Cl)c1)N(CC1CC1)CC1CC1. The van der Waals surface area contributed by atoms with Crippen LogP contribution >= 0.6 is 11.6 Å². The maximum absolute atomic E-state index is 13.3. The fourth-order valence-electron chi connectivity index (χ4n) is 2.81. The molecule has 0 aliphatic heterocycles. The lowest BCUT2D eigenvalue weighted by Gasteiger charge is -2.31. The van der Waals surface area contributed by atoms with Crippen LogP contribution in [0, 0.1) is 17.7 Å². The lowest BCUT2D eigenvalue weighted by molar-refractivity contribution is 0.184. The average Bonchev–Trinajstić information content (AvgIpc) is 3.30. The molecule has 1 unspecified atom stereocenters. The van der Waals surface area contributed by atoms with Crippen LogP contribution in [0.3, 0.4) is 0 Å². The number of hydrogen-bond acceptors (Lipinski definition) is 2. The summed E-state index contributed by atoms with van der Waals surface area (Å²) in [5.74, 6) is 1.31. The van der Waals surface area contributed by atoms with E-state index in [0.717, 1.165) is 30.5 Å². The van der Waals surface area contributed by atoms with Crippen LogP contribution in [0.2, 0.25) is 5.02 Å². The van der Waals surface area contributed by atoms with E-state index in [-0.39, 0.29) is 16.9 Å². The summed E-state index contributed by atoms with van der Waals surface area (Å²) in [6.45, 7) is 2.79. The maximum atomic E-state index is 13.3. The Morgan fingerprint density at radius 3 is 2.25 bits per heavy atom. The fraction of sp³-hybridized carbons (Fsp3) is 0.625. The quantitative estimate of drug-likeness (QED) is 0.833. The summed E-state index contributed by atoms with van der Waals surface area (Å²) in [4.78, 5) is 2.50. The van der Waals surface area contributed by atoms with Gasteiger partial charge in [-0.25, -0.2) is 4.39 Å². The zero-order valence-electron chi connectivity index (χ0n) is 11.7. The summed E-state index contributed by atoms with van der Waals surface area (Å²) in [5.41, 5.74) is 7.05. The third-order valence-corrected chi connectivity index (χ3v) is 4.66. The first-order valence-corrected chi connectivity index (χ1v) is 7.94. The molecule has 0 heterocycles. The van der Waals surface area contributed by atoms with Crippen LogP contribution in [0.5, 0.6) is 0 Å². The summed E-state index contributed by atoms with van der Waals surface area (Å²) in [5, 5.41) is 0.193. The summed E-state index contributed by atoms with van der Waals surface area (Å²) in [7, 11) is 0. The normalized spacial score (nSPS) is 20.4. The summed E-state index contributed by atoms with van der Waals surface area (Å²) >= 11 is 5.92. The van der Waals surface area contributed by atoms with Gasteiger partial charge in [0.25, 0.3) is 0 Å². The first-order chi connectivity index (χ1) is 9.67. The monoisotopic (exact) mass is 296 g/mol. The van der Waals surface area contributed by atoms with Crippen molar-refractivity contribution in [1.29, 1.82) is 0 Å². The van der Waals surface area contributed by atoms with Crippen molar-refractivity contribution in [2.24, 2.45) is 17.6 Å². The molecule has 0 amide bonds. The van der Waals surface area contributed by atoms with E-state index >= 15 is 0 Å². The topological polar surface area (TPSA) is 29.3 Å². The van der Waals surface area contributed by atoms with Crippen LogP contribution in [-0.4, -0.2) is 24.5 Å². The van der Waals surface area contributed by atoms with E-state index in [4.69, 9.17) is 17.3 Å². The standard InChI is InChI=1S/C16H22ClFN2/c17-14-7-13(5-6-15(14)18)16(8-19)20(9-11-1-2-11)10-12-3-4-12/h5-7,11-12,16H,1-4,8-10,19H2. The van der Waals surface area contributed by atoms with Gasteiger partial charge >= 0.3 is 0 Å². The Labute approximate surface area is 125 Å². The van der Waals surface area contributed by atoms with Crippen LogP contribution in [-0.2, 0) is 0 Å². The number of rotatable bonds is 7. The maximum Gasteiger partial charge on any atom is 0.141 e. The lowest BCUT2D eigenvalue weighted by Crippen LogP contribution is -2.36. The molecule has 0 radical (unpaired) electrons. The van der Waals surface area contributed by atoms with E-state index in [2.05, 4.69) is 4.90 Å². The zero-order chi connectivity index (χ0) is 14.1. The summed E-state index contributed by atoms with van der Waals surface area (Å²) in [6.07, 6.45) is 5.34. The van der Waals surface area contributed by atoms with Crippen molar-refractivity contribution < 1.29 is 4.39 Å². The smallest absolute Gasteiger partial charge is 0.141 e. The molecule has 2 aliphatic rings. The molecule has 1 atom stereocenters. The molecule has 2 saturated carbocycles. The number of nitrogens with two attached hydrogens (primary N) is 1. The van der Waals surface area contributed by atoms with Crippen molar-refractivity contribution in [3.05, 3.63) is 34.6 Å². The van der Waals surface area contributed by atoms with Crippen LogP contribution in [0.4, 0.5) is 4.39 Å². The molecule has 2 fully saturated rings. The van der Waals surface area contributed by atoms with Crippen molar-refractivity contribution in [2.45, 2.75) is 31.7 Å². The molecule has 3 rings (SSSR count). The van der Waals surface area contributed by atoms with E-state index in [1.807, 2.05) is 6.07 Å². The molecular weight excluding hydrogens is 275 g/mol. The van der Waals surface area contributed by atoms with Gasteiger partial charge < -0.3 is 5.73 Å². The Balaban J connectivity index is 1.77. The summed E-state index contributed by atoms with van der Waals surface area (Å²) in [6, 6.07) is 5.17. The number of halogens is 2. The van der Waals surface area contributed by atoms with Crippen LogP contribution in [0.1, 0.15) is 37.3 Å². The Morgan fingerprint density at radius 2 is 1.80 bits per heavy atom. The first-order valence-electron chi connectivity index (χ1n) is 7.56. The molecule has 2 N–H and O–H groups in total. The molecule has 0 bridgehead atoms. The molecule has 1 aromatic rings. The van der Waals surface area contributed by atoms with Crippen LogP contribution in [0.15, 0.2) is 18.2 Å². The molecule has 1 aromatic carbocycles. The average molecular weight is 297 g/mol. The van der Waals surface area contributed by atoms with E-state index in [1.165, 1.54) is 31.7 Å². The highest BCUT2D eigenvalue weighted by Crippen LogP contribution is 2.37. The van der Waals surface area contributed by atoms with Crippen molar-refractivity contribution in [3.8, 4) is 0 Å². The van der Waals surface area contributed by atoms with Crippen LogP contribution < -0.4 is 5.73 Å². The highest BCUT2D eigenvalue weighted by atomic mass is 35.5. The largest absolute Gasteiger partial charge is 0.329 e. The van der Waals surface area contributed by atoms with E-state index in [9.17, 15) is 4.39 Å². The van der Waals surface area contributed by atoms with Gasteiger partial charge in [-0.2, -0.15) is 0 Å². The fourth-order valence-corrected chi connectivity index (χ4v) is 3.00. The van der Waals surface area contributed by atoms with Gasteiger partial charge in [-0.1, -0.05) is 17.7 Å². The van der Waals surface area contributed by atoms with Gasteiger partial charge in [0.1, 0.15) is 5.82 Å². The highest BCUT2D eigenvalue weighted by Gasteiger charge is 2.32. The molecular formula is C16H22ClFN2. The van der Waals surface area contributed by atoms with Gasteiger partial charge in [-0.05, 0) is 55.2 Å². The van der Waals surface area contributed by atoms with Crippen LogP contribution in [0.25, 0.3) is 0 Å². The molecule has 20 heavy (non-hydrogen) atoms. The van der Waals surface area contributed by atoms with Gasteiger partial charge in [0.15, 0.2) is 0 Å². The Bertz CT molecular complexity index is 458. The molecule has 0 aromatic heterocycles. The molecule has 0 spiro atoms. The third-order valence-electron chi connectivity index (χ3n) is 4.37. The van der Waals surface area contributed by atoms with Gasteiger partial charge in [-0.15, -0.1) is 0 Å². The number of benzene rings is 1. The van der Waals surface area contributed by atoms with Crippen molar-refractivity contribution in [2.75, 3.05) is 19.6 Å². The molecule has 2 aliphatic carbocycles. The third kappa shape index (κ3) is 3.51. The van der Waals surface area contributed by atoms with Crippen molar-refractivity contribution in [1.82, 2.24) is 4.90 Å². The minimum absolute atomic E-state index is 0.161. The first kappa shape index (κ1) is 14.3. The Morgan fingerprint density at radius 1 is 1.20 bits per heavy atom. The minimum atomic E-state index is -0.359. The van der Waals surface area contributed by atoms with Crippen molar-refractivity contribution in [3.63, 3.8) is 0 Å². The second-order valence-corrected chi connectivity index (χ2v) is 6.67. The Kier molecular flexibility index (Phi) is 4.29. The van der Waals surface area contributed by atoms with Gasteiger partial charge in [0.2, 0.25) is 0 Å². The predicted molar refractivity (Wildman–Crippen MR) is 80.2 cm³/mol. The second kappa shape index (κ2) is 6.00.